The number of halogens is 1. The Morgan fingerprint density at radius 2 is 2.13 bits per heavy atom. The van der Waals surface area contributed by atoms with E-state index >= 15 is 0 Å². The Morgan fingerprint density at radius 1 is 1.33 bits per heavy atom. The number of phenolic OH excluding ortho intramolecular Hbond substituents is 1. The van der Waals surface area contributed by atoms with Crippen LogP contribution in [0.25, 0.3) is 10.8 Å². The minimum Gasteiger partial charge on any atom is -0.506 e. The summed E-state index contributed by atoms with van der Waals surface area (Å²) in [5, 5.41) is 11.6. The minimum atomic E-state index is -0.0217. The van der Waals surface area contributed by atoms with E-state index in [2.05, 4.69) is 0 Å². The molecule has 2 aromatic carbocycles. The molecule has 0 saturated heterocycles. The van der Waals surface area contributed by atoms with Crippen LogP contribution in [0.4, 0.5) is 0 Å². The highest BCUT2D eigenvalue weighted by Gasteiger charge is 2.24. The molecule has 1 aliphatic carbocycles. The van der Waals surface area contributed by atoms with Crippen molar-refractivity contribution >= 4 is 28.2 Å². The number of aromatic hydroxyl groups is 1. The Hall–Kier alpha value is -1.54. The summed E-state index contributed by atoms with van der Waals surface area (Å²) in [5.41, 5.74) is 1.58. The Morgan fingerprint density at radius 3 is 2.93 bits per heavy atom. The first-order valence-electron chi connectivity index (χ1n) is 4.65. The van der Waals surface area contributed by atoms with Crippen LogP contribution in [-0.4, -0.2) is 10.9 Å². The fourth-order valence-corrected chi connectivity index (χ4v) is 2.36. The highest BCUT2D eigenvalue weighted by Crippen LogP contribution is 2.39. The van der Waals surface area contributed by atoms with Crippen molar-refractivity contribution in [3.63, 3.8) is 0 Å². The molecule has 0 aliphatic heterocycles. The van der Waals surface area contributed by atoms with Crippen molar-refractivity contribution in [2.24, 2.45) is 0 Å². The van der Waals surface area contributed by atoms with Gasteiger partial charge in [-0.3, -0.25) is 4.79 Å². The van der Waals surface area contributed by atoms with Crippen LogP contribution >= 0.6 is 11.6 Å². The van der Waals surface area contributed by atoms with Crippen LogP contribution in [0.15, 0.2) is 24.3 Å². The molecule has 1 aliphatic rings. The molecule has 15 heavy (non-hydrogen) atoms. The molecular formula is C12H7ClO2. The monoisotopic (exact) mass is 218 g/mol. The second-order valence-electron chi connectivity index (χ2n) is 3.70. The van der Waals surface area contributed by atoms with Crippen molar-refractivity contribution in [1.29, 1.82) is 0 Å². The molecule has 0 radical (unpaired) electrons. The predicted octanol–water partition coefficient (Wildman–Crippen LogP) is 2.94. The first-order valence-corrected chi connectivity index (χ1v) is 5.02. The molecule has 0 saturated carbocycles. The molecule has 0 heterocycles. The van der Waals surface area contributed by atoms with E-state index in [0.717, 1.165) is 16.3 Å². The van der Waals surface area contributed by atoms with E-state index < -0.39 is 0 Å². The lowest BCUT2D eigenvalue weighted by atomic mass is 10.0. The molecule has 0 unspecified atom stereocenters. The smallest absolute Gasteiger partial charge is 0.168 e. The van der Waals surface area contributed by atoms with Crippen LogP contribution in [0.1, 0.15) is 15.9 Å². The van der Waals surface area contributed by atoms with Crippen molar-refractivity contribution in [2.75, 3.05) is 0 Å². The number of rotatable bonds is 0. The molecule has 0 atom stereocenters. The van der Waals surface area contributed by atoms with Crippen LogP contribution in [0.2, 0.25) is 5.02 Å². The summed E-state index contributed by atoms with van der Waals surface area (Å²) in [4.78, 5) is 11.7. The van der Waals surface area contributed by atoms with E-state index in [0.29, 0.717) is 17.0 Å². The third-order valence-electron chi connectivity index (χ3n) is 2.81. The quantitative estimate of drug-likeness (QED) is 0.738. The molecule has 74 valence electrons. The van der Waals surface area contributed by atoms with Gasteiger partial charge in [-0.1, -0.05) is 29.8 Å². The van der Waals surface area contributed by atoms with Gasteiger partial charge >= 0.3 is 0 Å². The fraction of sp³-hybridized carbons (Fsp3) is 0.0833. The van der Waals surface area contributed by atoms with E-state index in [1.165, 1.54) is 6.07 Å². The lowest BCUT2D eigenvalue weighted by Gasteiger charge is -2.04. The van der Waals surface area contributed by atoms with Gasteiger partial charge in [-0.25, -0.2) is 0 Å². The largest absolute Gasteiger partial charge is 0.506 e. The number of benzene rings is 2. The number of hydrogen-bond acceptors (Lipinski definition) is 2. The number of hydrogen-bond donors (Lipinski definition) is 1. The summed E-state index contributed by atoms with van der Waals surface area (Å²) in [5.74, 6) is 0.0275. The van der Waals surface area contributed by atoms with Gasteiger partial charge in [0.05, 0.1) is 5.02 Å². The predicted molar refractivity (Wildman–Crippen MR) is 58.7 cm³/mol. The van der Waals surface area contributed by atoms with Gasteiger partial charge in [0.25, 0.3) is 0 Å². The third kappa shape index (κ3) is 1.03. The second-order valence-corrected chi connectivity index (χ2v) is 4.07. The van der Waals surface area contributed by atoms with Gasteiger partial charge in [-0.2, -0.15) is 0 Å². The minimum absolute atomic E-state index is 0.0217. The van der Waals surface area contributed by atoms with Crippen LogP contribution in [0.3, 0.4) is 0 Å². The molecular weight excluding hydrogens is 212 g/mol. The summed E-state index contributed by atoms with van der Waals surface area (Å²) >= 11 is 5.98. The summed E-state index contributed by atoms with van der Waals surface area (Å²) in [6, 6.07) is 7.06. The average molecular weight is 219 g/mol. The molecule has 0 amide bonds. The van der Waals surface area contributed by atoms with E-state index in [4.69, 9.17) is 11.6 Å². The Kier molecular flexibility index (Phi) is 1.59. The number of phenols is 1. The van der Waals surface area contributed by atoms with E-state index in [1.54, 1.807) is 0 Å². The van der Waals surface area contributed by atoms with Crippen LogP contribution in [-0.2, 0) is 6.42 Å². The van der Waals surface area contributed by atoms with Gasteiger partial charge < -0.3 is 5.11 Å². The van der Waals surface area contributed by atoms with E-state index in [-0.39, 0.29) is 11.5 Å². The molecule has 3 rings (SSSR count). The first kappa shape index (κ1) is 8.74. The highest BCUT2D eigenvalue weighted by atomic mass is 35.5. The number of carbonyl (C=O) groups excluding carboxylic acids is 1. The SMILES string of the molecule is O=C1Cc2cccc3c(Cl)c(O)cc1c23. The van der Waals surface area contributed by atoms with Gasteiger partial charge in [0.2, 0.25) is 0 Å². The zero-order chi connectivity index (χ0) is 10.6. The van der Waals surface area contributed by atoms with Crippen LogP contribution in [0.5, 0.6) is 5.75 Å². The summed E-state index contributed by atoms with van der Waals surface area (Å²) in [6.45, 7) is 0. The molecule has 1 N–H and O–H groups in total. The maximum Gasteiger partial charge on any atom is 0.168 e. The third-order valence-corrected chi connectivity index (χ3v) is 3.21. The summed E-state index contributed by atoms with van der Waals surface area (Å²) in [7, 11) is 0. The number of carbonyl (C=O) groups is 1. The Balaban J connectivity index is 2.59. The number of ketones is 1. The molecule has 0 aromatic heterocycles. The van der Waals surface area contributed by atoms with Crippen molar-refractivity contribution in [3.05, 3.63) is 40.4 Å². The zero-order valence-electron chi connectivity index (χ0n) is 7.75. The topological polar surface area (TPSA) is 37.3 Å². The Labute approximate surface area is 91.1 Å². The fourth-order valence-electron chi connectivity index (χ4n) is 2.15. The standard InChI is InChI=1S/C12H7ClO2/c13-12-7-3-1-2-6-4-9(14)8(11(6)7)5-10(12)15/h1-3,5,15H,4H2. The van der Waals surface area contributed by atoms with Crippen molar-refractivity contribution in [1.82, 2.24) is 0 Å². The zero-order valence-corrected chi connectivity index (χ0v) is 8.51. The molecule has 2 nitrogen and oxygen atoms in total. The molecule has 0 bridgehead atoms. The number of Topliss-reactive ketones (excluding diaryl/α,β-unsaturated/α-hetero) is 1. The molecule has 2 aromatic rings. The molecule has 3 heteroatoms. The van der Waals surface area contributed by atoms with Crippen molar-refractivity contribution < 1.29 is 9.90 Å². The summed E-state index contributed by atoms with van der Waals surface area (Å²) in [6.07, 6.45) is 0.409. The first-order chi connectivity index (χ1) is 7.18. The maximum absolute atomic E-state index is 11.7. The molecule has 0 spiro atoms. The summed E-state index contributed by atoms with van der Waals surface area (Å²) < 4.78 is 0. The van der Waals surface area contributed by atoms with Crippen molar-refractivity contribution in [2.45, 2.75) is 6.42 Å². The van der Waals surface area contributed by atoms with E-state index in [1.807, 2.05) is 18.2 Å². The van der Waals surface area contributed by atoms with Gasteiger partial charge in [-0.15, -0.1) is 0 Å². The van der Waals surface area contributed by atoms with Gasteiger partial charge in [0, 0.05) is 17.4 Å². The van der Waals surface area contributed by atoms with Crippen LogP contribution in [0, 0.1) is 0 Å². The van der Waals surface area contributed by atoms with Crippen molar-refractivity contribution in [3.8, 4) is 5.75 Å². The van der Waals surface area contributed by atoms with Gasteiger partial charge in [-0.05, 0) is 17.0 Å². The average Bonchev–Trinajstić information content (AvgIpc) is 2.53. The lowest BCUT2D eigenvalue weighted by Crippen LogP contribution is -1.93. The maximum atomic E-state index is 11.7. The molecule has 0 fully saturated rings. The Bertz CT molecular complexity index is 602. The van der Waals surface area contributed by atoms with Crippen LogP contribution < -0.4 is 0 Å². The lowest BCUT2D eigenvalue weighted by molar-refractivity contribution is 0.0999. The second kappa shape index (κ2) is 2.74. The normalized spacial score (nSPS) is 13.8. The highest BCUT2D eigenvalue weighted by molar-refractivity contribution is 6.38. The van der Waals surface area contributed by atoms with Gasteiger partial charge in [0.15, 0.2) is 5.78 Å². The van der Waals surface area contributed by atoms with Gasteiger partial charge in [0.1, 0.15) is 5.75 Å². The van der Waals surface area contributed by atoms with E-state index in [9.17, 15) is 9.90 Å².